The number of anilines is 1. The quantitative estimate of drug-likeness (QED) is 0.177. The van der Waals surface area contributed by atoms with Crippen molar-refractivity contribution in [2.24, 2.45) is 0 Å². The molecular formula is C37H32FN5O4S. The van der Waals surface area contributed by atoms with Crippen LogP contribution in [0.25, 0.3) is 55.6 Å². The Morgan fingerprint density at radius 1 is 0.938 bits per heavy atom. The lowest BCUT2D eigenvalue weighted by Crippen LogP contribution is -2.25. The van der Waals surface area contributed by atoms with Gasteiger partial charge < -0.3 is 18.9 Å². The number of fused-ring (bicyclic) bond motifs is 2. The zero-order valence-corrected chi connectivity index (χ0v) is 27.3. The summed E-state index contributed by atoms with van der Waals surface area (Å²) >= 11 is 0. The van der Waals surface area contributed by atoms with Gasteiger partial charge in [0.1, 0.15) is 17.2 Å². The van der Waals surface area contributed by atoms with E-state index >= 15 is 0 Å². The van der Waals surface area contributed by atoms with Crippen LogP contribution in [0.15, 0.2) is 114 Å². The van der Waals surface area contributed by atoms with Crippen molar-refractivity contribution in [2.45, 2.75) is 13.1 Å². The highest BCUT2D eigenvalue weighted by Crippen LogP contribution is 2.42. The minimum atomic E-state index is -3.69. The number of hydrogen-bond acceptors (Lipinski definition) is 5. The van der Waals surface area contributed by atoms with Crippen molar-refractivity contribution < 1.29 is 22.0 Å². The van der Waals surface area contributed by atoms with Gasteiger partial charge in [-0.25, -0.2) is 17.8 Å². The van der Waals surface area contributed by atoms with Gasteiger partial charge in [-0.05, 0) is 59.7 Å². The fourth-order valence-electron chi connectivity index (χ4n) is 6.13. The lowest BCUT2D eigenvalue weighted by Gasteiger charge is -2.21. The number of amides is 1. The molecule has 48 heavy (non-hydrogen) atoms. The maximum Gasteiger partial charge on any atom is 0.255 e. The molecule has 11 heteroatoms. The normalized spacial score (nSPS) is 11.8. The SMILES string of the molecule is CNC(=O)c1c(-c2ccc(F)cc2)oc2cc(N(C)S(C)(=O)=O)c(-c3cccc(-c4cc5ccccc5n4CCn4ccnc4)c3)cc12. The van der Waals surface area contributed by atoms with Gasteiger partial charge in [0.05, 0.1) is 23.8 Å². The van der Waals surface area contributed by atoms with E-state index in [1.165, 1.54) is 30.5 Å². The molecule has 0 atom stereocenters. The number of imidazole rings is 1. The summed E-state index contributed by atoms with van der Waals surface area (Å²) < 4.78 is 51.4. The first-order valence-electron chi connectivity index (χ1n) is 15.3. The Balaban J connectivity index is 1.43. The molecule has 0 bridgehead atoms. The maximum absolute atomic E-state index is 13.8. The Bertz CT molecular complexity index is 2410. The molecule has 9 nitrogen and oxygen atoms in total. The molecule has 0 fully saturated rings. The molecule has 0 saturated heterocycles. The number of benzene rings is 4. The van der Waals surface area contributed by atoms with Crippen LogP contribution in [-0.4, -0.2) is 48.8 Å². The molecule has 1 amide bonds. The Hall–Kier alpha value is -5.68. The van der Waals surface area contributed by atoms with Crippen LogP contribution in [0.3, 0.4) is 0 Å². The zero-order chi connectivity index (χ0) is 33.6. The third-order valence-corrected chi connectivity index (χ3v) is 9.82. The molecule has 0 aliphatic carbocycles. The summed E-state index contributed by atoms with van der Waals surface area (Å²) in [6, 6.07) is 27.4. The van der Waals surface area contributed by atoms with Crippen LogP contribution in [0, 0.1) is 5.82 Å². The van der Waals surface area contributed by atoms with Crippen molar-refractivity contribution in [3.63, 3.8) is 0 Å². The summed E-state index contributed by atoms with van der Waals surface area (Å²) in [6.45, 7) is 1.43. The number of para-hydroxylation sites is 1. The second kappa shape index (κ2) is 12.2. The molecule has 7 aromatic rings. The lowest BCUT2D eigenvalue weighted by molar-refractivity contribution is 0.0964. The van der Waals surface area contributed by atoms with E-state index in [-0.39, 0.29) is 17.2 Å². The highest BCUT2D eigenvalue weighted by Gasteiger charge is 2.26. The molecule has 0 spiro atoms. The summed E-state index contributed by atoms with van der Waals surface area (Å²) in [7, 11) is -0.679. The number of aromatic nitrogens is 3. The van der Waals surface area contributed by atoms with Crippen molar-refractivity contribution in [3.05, 3.63) is 121 Å². The number of rotatable bonds is 9. The average Bonchev–Trinajstić information content (AvgIpc) is 3.83. The monoisotopic (exact) mass is 661 g/mol. The van der Waals surface area contributed by atoms with Gasteiger partial charge in [0, 0.05) is 78.8 Å². The molecule has 0 unspecified atom stereocenters. The predicted molar refractivity (Wildman–Crippen MR) is 187 cm³/mol. The summed E-state index contributed by atoms with van der Waals surface area (Å²) in [5.74, 6) is -0.554. The van der Waals surface area contributed by atoms with E-state index in [0.29, 0.717) is 34.3 Å². The topological polar surface area (TPSA) is 102 Å². The molecule has 0 radical (unpaired) electrons. The molecule has 242 valence electrons. The Morgan fingerprint density at radius 2 is 1.71 bits per heavy atom. The van der Waals surface area contributed by atoms with Gasteiger partial charge in [0.2, 0.25) is 10.0 Å². The van der Waals surface area contributed by atoms with Gasteiger partial charge in [-0.15, -0.1) is 0 Å². The number of furan rings is 1. The molecule has 0 aliphatic heterocycles. The fraction of sp³-hybridized carbons (Fsp3) is 0.135. The second-order valence-corrected chi connectivity index (χ2v) is 13.6. The van der Waals surface area contributed by atoms with Crippen LogP contribution in [0.1, 0.15) is 10.4 Å². The number of nitrogens with one attached hydrogen (secondary N) is 1. The molecule has 1 N–H and O–H groups in total. The highest BCUT2D eigenvalue weighted by molar-refractivity contribution is 7.92. The lowest BCUT2D eigenvalue weighted by atomic mass is 9.96. The standard InChI is InChI=1S/C37H32FN5O4S/c1-39-37(44)35-30-21-29(33(41(2)48(3,45)46)22-34(30)47-36(35)24-11-13-28(38)14-12-24)25-8-6-9-26(19-25)32-20-27-7-4-5-10-31(27)43(32)18-17-42-16-15-40-23-42/h4-16,19-23H,17-18H2,1-3H3,(H,39,44). The van der Waals surface area contributed by atoms with E-state index in [2.05, 4.69) is 33.1 Å². The van der Waals surface area contributed by atoms with Crippen LogP contribution in [0.4, 0.5) is 10.1 Å². The summed E-state index contributed by atoms with van der Waals surface area (Å²) in [6.07, 6.45) is 6.63. The molecule has 7 rings (SSSR count). The number of carbonyl (C=O) groups excluding carboxylic acids is 1. The number of halogens is 1. The molecule has 0 aliphatic rings. The predicted octanol–water partition coefficient (Wildman–Crippen LogP) is 7.18. The van der Waals surface area contributed by atoms with E-state index in [0.717, 1.165) is 40.5 Å². The smallest absolute Gasteiger partial charge is 0.255 e. The fourth-order valence-corrected chi connectivity index (χ4v) is 6.64. The van der Waals surface area contributed by atoms with Gasteiger partial charge in [0.25, 0.3) is 5.91 Å². The van der Waals surface area contributed by atoms with Gasteiger partial charge in [-0.1, -0.05) is 36.4 Å². The number of carbonyl (C=O) groups is 1. The largest absolute Gasteiger partial charge is 0.455 e. The summed E-state index contributed by atoms with van der Waals surface area (Å²) in [4.78, 5) is 17.5. The number of hydrogen-bond donors (Lipinski definition) is 1. The van der Waals surface area contributed by atoms with Gasteiger partial charge in [-0.2, -0.15) is 0 Å². The van der Waals surface area contributed by atoms with Crippen LogP contribution >= 0.6 is 0 Å². The van der Waals surface area contributed by atoms with Crippen molar-refractivity contribution >= 4 is 43.5 Å². The Kier molecular flexibility index (Phi) is 7.84. The number of sulfonamides is 1. The second-order valence-electron chi connectivity index (χ2n) is 11.6. The van der Waals surface area contributed by atoms with Crippen molar-refractivity contribution in [1.82, 2.24) is 19.4 Å². The summed E-state index contributed by atoms with van der Waals surface area (Å²) in [5.41, 5.74) is 5.86. The minimum Gasteiger partial charge on any atom is -0.455 e. The van der Waals surface area contributed by atoms with Crippen molar-refractivity contribution in [2.75, 3.05) is 24.7 Å². The van der Waals surface area contributed by atoms with Crippen LogP contribution in [-0.2, 0) is 23.1 Å². The highest BCUT2D eigenvalue weighted by atomic mass is 32.2. The zero-order valence-electron chi connectivity index (χ0n) is 26.5. The van der Waals surface area contributed by atoms with Gasteiger partial charge in [0.15, 0.2) is 0 Å². The summed E-state index contributed by atoms with van der Waals surface area (Å²) in [5, 5.41) is 4.28. The van der Waals surface area contributed by atoms with Crippen LogP contribution in [0.2, 0.25) is 0 Å². The molecule has 4 aromatic carbocycles. The van der Waals surface area contributed by atoms with Crippen molar-refractivity contribution in [1.29, 1.82) is 0 Å². The van der Waals surface area contributed by atoms with Crippen LogP contribution < -0.4 is 9.62 Å². The van der Waals surface area contributed by atoms with E-state index < -0.39 is 15.8 Å². The third kappa shape index (κ3) is 5.62. The van der Waals surface area contributed by atoms with E-state index in [9.17, 15) is 17.6 Å². The van der Waals surface area contributed by atoms with E-state index in [1.807, 2.05) is 47.2 Å². The number of nitrogens with zero attached hydrogens (tertiary/aromatic N) is 4. The Morgan fingerprint density at radius 3 is 2.44 bits per heavy atom. The van der Waals surface area contributed by atoms with E-state index in [1.54, 1.807) is 36.8 Å². The molecule has 3 aromatic heterocycles. The molecule has 0 saturated carbocycles. The first-order valence-corrected chi connectivity index (χ1v) is 17.1. The number of aryl methyl sites for hydroxylation is 2. The first-order chi connectivity index (χ1) is 23.1. The first kappa shape index (κ1) is 30.9. The Labute approximate surface area is 276 Å². The maximum atomic E-state index is 13.8. The molecule has 3 heterocycles. The van der Waals surface area contributed by atoms with Crippen LogP contribution in [0.5, 0.6) is 0 Å². The van der Waals surface area contributed by atoms with E-state index in [4.69, 9.17) is 4.42 Å². The van der Waals surface area contributed by atoms with Gasteiger partial charge >= 0.3 is 0 Å². The van der Waals surface area contributed by atoms with Crippen molar-refractivity contribution in [3.8, 4) is 33.7 Å². The minimum absolute atomic E-state index is 0.255. The third-order valence-electron chi connectivity index (χ3n) is 8.62. The average molecular weight is 662 g/mol. The molecular weight excluding hydrogens is 630 g/mol. The van der Waals surface area contributed by atoms with Gasteiger partial charge in [-0.3, -0.25) is 9.10 Å².